The van der Waals surface area contributed by atoms with Crippen LogP contribution in [0.2, 0.25) is 0 Å². The van der Waals surface area contributed by atoms with Crippen LogP contribution in [0.15, 0.2) is 27.5 Å². The first-order valence-corrected chi connectivity index (χ1v) is 7.92. The minimum absolute atomic E-state index is 0.156. The summed E-state index contributed by atoms with van der Waals surface area (Å²) < 4.78 is 28.5. The number of carbonyl (C=O) groups is 1. The molecule has 2 atom stereocenters. The average Bonchev–Trinajstić information content (AvgIpc) is 2.78. The Morgan fingerprint density at radius 1 is 1.35 bits per heavy atom. The van der Waals surface area contributed by atoms with E-state index >= 15 is 0 Å². The van der Waals surface area contributed by atoms with Gasteiger partial charge in [0, 0.05) is 12.2 Å². The quantitative estimate of drug-likeness (QED) is 0.927. The van der Waals surface area contributed by atoms with Crippen LogP contribution in [0.25, 0.3) is 11.1 Å². The van der Waals surface area contributed by atoms with Gasteiger partial charge in [-0.05, 0) is 18.2 Å². The molecule has 0 amide bonds. The average molecular weight is 297 g/mol. The molecule has 1 N–H and O–H groups in total. The van der Waals surface area contributed by atoms with E-state index in [-0.39, 0.29) is 4.90 Å². The first-order chi connectivity index (χ1) is 9.20. The fourth-order valence-electron chi connectivity index (χ4n) is 1.78. The topological polar surface area (TPSA) is 97.5 Å². The number of benzene rings is 1. The molecule has 0 aliphatic rings. The van der Waals surface area contributed by atoms with Crippen molar-refractivity contribution in [1.29, 1.82) is 0 Å². The van der Waals surface area contributed by atoms with Gasteiger partial charge < -0.3 is 9.52 Å². The van der Waals surface area contributed by atoms with E-state index in [0.29, 0.717) is 17.0 Å². The smallest absolute Gasteiger partial charge is 0.307 e. The zero-order valence-corrected chi connectivity index (χ0v) is 12.1. The van der Waals surface area contributed by atoms with Gasteiger partial charge >= 0.3 is 5.97 Å². The van der Waals surface area contributed by atoms with Crippen LogP contribution in [-0.2, 0) is 14.6 Å². The van der Waals surface area contributed by atoms with Gasteiger partial charge in [0.05, 0.1) is 10.8 Å². The summed E-state index contributed by atoms with van der Waals surface area (Å²) in [6.45, 7) is 3.28. The number of rotatable bonds is 4. The molecule has 0 radical (unpaired) electrons. The number of hydrogen-bond donors (Lipinski definition) is 1. The fourth-order valence-corrected chi connectivity index (χ4v) is 2.42. The summed E-state index contributed by atoms with van der Waals surface area (Å²) in [4.78, 5) is 15.3. The molecule has 0 saturated carbocycles. The molecule has 2 unspecified atom stereocenters. The summed E-state index contributed by atoms with van der Waals surface area (Å²) in [6, 6.07) is 4.40. The molecule has 1 aromatic heterocycles. The Morgan fingerprint density at radius 2 is 2.00 bits per heavy atom. The molecule has 2 rings (SSSR count). The number of carboxylic acid groups (broad SMARTS) is 1. The van der Waals surface area contributed by atoms with Crippen LogP contribution in [0, 0.1) is 5.92 Å². The number of carboxylic acids is 1. The number of hydrogen-bond acceptors (Lipinski definition) is 5. The normalized spacial score (nSPS) is 15.2. The van der Waals surface area contributed by atoms with Gasteiger partial charge in [0.1, 0.15) is 5.52 Å². The first kappa shape index (κ1) is 14.5. The standard InChI is InChI=1S/C13H15NO5S/c1-7(8(2)13(15)16)12-14-10-6-9(20(3,17)18)4-5-11(10)19-12/h4-8H,1-3H3,(H,15,16). The van der Waals surface area contributed by atoms with Crippen LogP contribution < -0.4 is 0 Å². The maximum absolute atomic E-state index is 11.5. The van der Waals surface area contributed by atoms with Gasteiger partial charge in [-0.2, -0.15) is 0 Å². The lowest BCUT2D eigenvalue weighted by Crippen LogP contribution is -2.16. The SMILES string of the molecule is CC(C(=O)O)C(C)c1nc2cc(S(C)(=O)=O)ccc2o1. The second kappa shape index (κ2) is 4.90. The summed E-state index contributed by atoms with van der Waals surface area (Å²) in [6.07, 6.45) is 1.12. The van der Waals surface area contributed by atoms with E-state index in [1.165, 1.54) is 18.2 Å². The second-order valence-corrected chi connectivity index (χ2v) is 6.89. The molecular formula is C13H15NO5S. The van der Waals surface area contributed by atoms with Crippen molar-refractivity contribution < 1.29 is 22.7 Å². The van der Waals surface area contributed by atoms with Gasteiger partial charge in [0.25, 0.3) is 0 Å². The fraction of sp³-hybridized carbons (Fsp3) is 0.385. The summed E-state index contributed by atoms with van der Waals surface area (Å²) >= 11 is 0. The van der Waals surface area contributed by atoms with Crippen LogP contribution in [0.3, 0.4) is 0 Å². The Labute approximate surface area is 116 Å². The van der Waals surface area contributed by atoms with Crippen molar-refractivity contribution in [1.82, 2.24) is 4.98 Å². The van der Waals surface area contributed by atoms with Crippen molar-refractivity contribution in [2.45, 2.75) is 24.7 Å². The maximum Gasteiger partial charge on any atom is 0.307 e. The number of nitrogens with zero attached hydrogens (tertiary/aromatic N) is 1. The van der Waals surface area contributed by atoms with Crippen LogP contribution in [0.5, 0.6) is 0 Å². The molecule has 0 bridgehead atoms. The summed E-state index contributed by atoms with van der Waals surface area (Å²) in [5.41, 5.74) is 0.851. The Hall–Kier alpha value is -1.89. The highest BCUT2D eigenvalue weighted by Gasteiger charge is 2.25. The summed E-state index contributed by atoms with van der Waals surface area (Å²) in [5.74, 6) is -1.68. The number of oxazole rings is 1. The number of fused-ring (bicyclic) bond motifs is 1. The van der Waals surface area contributed by atoms with E-state index in [2.05, 4.69) is 4.98 Å². The monoisotopic (exact) mass is 297 g/mol. The van der Waals surface area contributed by atoms with Crippen molar-refractivity contribution in [2.24, 2.45) is 5.92 Å². The van der Waals surface area contributed by atoms with Gasteiger partial charge in [-0.15, -0.1) is 0 Å². The number of sulfone groups is 1. The van der Waals surface area contributed by atoms with Crippen molar-refractivity contribution in [3.05, 3.63) is 24.1 Å². The Kier molecular flexibility index (Phi) is 3.56. The summed E-state index contributed by atoms with van der Waals surface area (Å²) in [7, 11) is -3.31. The third-order valence-corrected chi connectivity index (χ3v) is 4.44. The predicted molar refractivity (Wildman–Crippen MR) is 72.3 cm³/mol. The van der Waals surface area contributed by atoms with Crippen molar-refractivity contribution in [3.63, 3.8) is 0 Å². The zero-order chi connectivity index (χ0) is 15.1. The van der Waals surface area contributed by atoms with Crippen LogP contribution in [0.1, 0.15) is 25.7 Å². The van der Waals surface area contributed by atoms with Gasteiger partial charge in [0.2, 0.25) is 0 Å². The van der Waals surface area contributed by atoms with E-state index in [0.717, 1.165) is 6.26 Å². The first-order valence-electron chi connectivity index (χ1n) is 6.03. The van der Waals surface area contributed by atoms with E-state index in [9.17, 15) is 13.2 Å². The van der Waals surface area contributed by atoms with Gasteiger partial charge in [0.15, 0.2) is 21.3 Å². The molecule has 0 spiro atoms. The van der Waals surface area contributed by atoms with Crippen molar-refractivity contribution in [3.8, 4) is 0 Å². The third-order valence-electron chi connectivity index (χ3n) is 3.33. The van der Waals surface area contributed by atoms with E-state index < -0.39 is 27.6 Å². The number of aromatic nitrogens is 1. The molecule has 2 aromatic rings. The van der Waals surface area contributed by atoms with Crippen molar-refractivity contribution >= 4 is 26.9 Å². The lowest BCUT2D eigenvalue weighted by molar-refractivity contribution is -0.141. The minimum Gasteiger partial charge on any atom is -0.481 e. The molecule has 6 nitrogen and oxygen atoms in total. The molecule has 0 saturated heterocycles. The van der Waals surface area contributed by atoms with Gasteiger partial charge in [-0.3, -0.25) is 4.79 Å². The molecule has 20 heavy (non-hydrogen) atoms. The third kappa shape index (κ3) is 2.67. The molecule has 0 fully saturated rings. The summed E-state index contributed by atoms with van der Waals surface area (Å²) in [5, 5.41) is 8.99. The number of aliphatic carboxylic acids is 1. The minimum atomic E-state index is -3.31. The Balaban J connectivity index is 2.47. The Morgan fingerprint density at radius 3 is 2.55 bits per heavy atom. The largest absolute Gasteiger partial charge is 0.481 e. The second-order valence-electron chi connectivity index (χ2n) is 4.87. The van der Waals surface area contributed by atoms with E-state index in [1.54, 1.807) is 13.8 Å². The van der Waals surface area contributed by atoms with Crippen LogP contribution in [-0.4, -0.2) is 30.7 Å². The predicted octanol–water partition coefficient (Wildman–Crippen LogP) is 2.06. The highest BCUT2D eigenvalue weighted by molar-refractivity contribution is 7.90. The van der Waals surface area contributed by atoms with Crippen LogP contribution in [0.4, 0.5) is 0 Å². The Bertz CT molecular complexity index is 762. The van der Waals surface area contributed by atoms with E-state index in [4.69, 9.17) is 9.52 Å². The molecule has 1 heterocycles. The zero-order valence-electron chi connectivity index (χ0n) is 11.3. The molecule has 0 aliphatic carbocycles. The molecule has 0 aliphatic heterocycles. The van der Waals surface area contributed by atoms with Crippen molar-refractivity contribution in [2.75, 3.05) is 6.26 Å². The van der Waals surface area contributed by atoms with Crippen LogP contribution >= 0.6 is 0 Å². The molecule has 108 valence electrons. The highest BCUT2D eigenvalue weighted by Crippen LogP contribution is 2.28. The lowest BCUT2D eigenvalue weighted by Gasteiger charge is -2.11. The van der Waals surface area contributed by atoms with Gasteiger partial charge in [-0.25, -0.2) is 13.4 Å². The maximum atomic E-state index is 11.5. The molecule has 7 heteroatoms. The van der Waals surface area contributed by atoms with Gasteiger partial charge in [-0.1, -0.05) is 13.8 Å². The lowest BCUT2D eigenvalue weighted by atomic mass is 9.96. The highest BCUT2D eigenvalue weighted by atomic mass is 32.2. The van der Waals surface area contributed by atoms with E-state index in [1.807, 2.05) is 0 Å². The molecular weight excluding hydrogens is 282 g/mol. The molecule has 1 aromatic carbocycles.